The summed E-state index contributed by atoms with van der Waals surface area (Å²) in [4.78, 5) is 0.207. The van der Waals surface area contributed by atoms with Crippen LogP contribution < -0.4 is 4.72 Å². The summed E-state index contributed by atoms with van der Waals surface area (Å²) in [5.74, 6) is 0.0142. The highest BCUT2D eigenvalue weighted by atomic mass is 32.2. The minimum absolute atomic E-state index is 0.0142. The van der Waals surface area contributed by atoms with Crippen molar-refractivity contribution >= 4 is 15.7 Å². The van der Waals surface area contributed by atoms with Crippen LogP contribution in [0.4, 0.5) is 5.69 Å². The molecule has 2 N–H and O–H groups in total. The molecule has 0 spiro atoms. The number of phenolic OH excluding ortho intramolecular Hbond substituents is 1. The first-order chi connectivity index (χ1) is 8.88. The van der Waals surface area contributed by atoms with Crippen molar-refractivity contribution in [3.05, 3.63) is 53.6 Å². The summed E-state index contributed by atoms with van der Waals surface area (Å²) in [6, 6.07) is 11.0. The number of hydrogen-bond acceptors (Lipinski definition) is 3. The molecule has 0 amide bonds. The van der Waals surface area contributed by atoms with Crippen molar-refractivity contribution in [3.8, 4) is 5.75 Å². The molecule has 19 heavy (non-hydrogen) atoms. The van der Waals surface area contributed by atoms with Crippen LogP contribution in [0, 0.1) is 13.8 Å². The Morgan fingerprint density at radius 3 is 2.37 bits per heavy atom. The van der Waals surface area contributed by atoms with E-state index in [9.17, 15) is 13.5 Å². The highest BCUT2D eigenvalue weighted by molar-refractivity contribution is 7.92. The van der Waals surface area contributed by atoms with Gasteiger partial charge >= 0.3 is 0 Å². The molecule has 2 rings (SSSR count). The summed E-state index contributed by atoms with van der Waals surface area (Å²) in [5, 5.41) is 9.33. The molecule has 0 aliphatic rings. The van der Waals surface area contributed by atoms with Crippen LogP contribution in [0.15, 0.2) is 47.4 Å². The number of rotatable bonds is 3. The fraction of sp³-hybridized carbons (Fsp3) is 0.143. The van der Waals surface area contributed by atoms with E-state index in [2.05, 4.69) is 4.72 Å². The SMILES string of the molecule is Cc1ccc(S(=O)(=O)Nc2cccc(O)c2)cc1C. The molecule has 2 aromatic carbocycles. The smallest absolute Gasteiger partial charge is 0.261 e. The van der Waals surface area contributed by atoms with Gasteiger partial charge in [-0.05, 0) is 49.2 Å². The average Bonchev–Trinajstić information content (AvgIpc) is 2.32. The lowest BCUT2D eigenvalue weighted by Crippen LogP contribution is -2.13. The molecule has 0 radical (unpaired) electrons. The standard InChI is InChI=1S/C14H15NO3S/c1-10-6-7-14(8-11(10)2)19(17,18)15-12-4-3-5-13(16)9-12/h3-9,15-16H,1-2H3. The van der Waals surface area contributed by atoms with E-state index in [1.807, 2.05) is 13.8 Å². The van der Waals surface area contributed by atoms with Crippen molar-refractivity contribution in [1.82, 2.24) is 0 Å². The maximum absolute atomic E-state index is 12.2. The van der Waals surface area contributed by atoms with Gasteiger partial charge < -0.3 is 5.11 Å². The Kier molecular flexibility index (Phi) is 3.48. The molecule has 0 aliphatic carbocycles. The summed E-state index contributed by atoms with van der Waals surface area (Å²) in [6.07, 6.45) is 0. The van der Waals surface area contributed by atoms with E-state index in [0.29, 0.717) is 5.69 Å². The van der Waals surface area contributed by atoms with Crippen LogP contribution >= 0.6 is 0 Å². The van der Waals surface area contributed by atoms with Gasteiger partial charge in [0.25, 0.3) is 10.0 Å². The van der Waals surface area contributed by atoms with Crippen molar-refractivity contribution < 1.29 is 13.5 Å². The predicted octanol–water partition coefficient (Wildman–Crippen LogP) is 2.81. The second-order valence-corrected chi connectivity index (χ2v) is 6.08. The number of anilines is 1. The number of aryl methyl sites for hydroxylation is 2. The fourth-order valence-corrected chi connectivity index (χ4v) is 2.80. The molecule has 0 heterocycles. The van der Waals surface area contributed by atoms with Gasteiger partial charge in [0.2, 0.25) is 0 Å². The van der Waals surface area contributed by atoms with Crippen LogP contribution in [0.2, 0.25) is 0 Å². The number of aromatic hydroxyl groups is 1. The largest absolute Gasteiger partial charge is 0.508 e. The lowest BCUT2D eigenvalue weighted by Gasteiger charge is -2.09. The zero-order valence-corrected chi connectivity index (χ0v) is 11.5. The van der Waals surface area contributed by atoms with Gasteiger partial charge in [-0.15, -0.1) is 0 Å². The summed E-state index contributed by atoms with van der Waals surface area (Å²) in [5.41, 5.74) is 2.29. The van der Waals surface area contributed by atoms with Crippen LogP contribution in [0.3, 0.4) is 0 Å². The van der Waals surface area contributed by atoms with Crippen LogP contribution in [0.1, 0.15) is 11.1 Å². The monoisotopic (exact) mass is 277 g/mol. The molecule has 0 bridgehead atoms. The second-order valence-electron chi connectivity index (χ2n) is 4.40. The zero-order chi connectivity index (χ0) is 14.0. The van der Waals surface area contributed by atoms with E-state index in [0.717, 1.165) is 11.1 Å². The minimum Gasteiger partial charge on any atom is -0.508 e. The Balaban J connectivity index is 2.35. The fourth-order valence-electron chi connectivity index (χ4n) is 1.66. The van der Waals surface area contributed by atoms with Gasteiger partial charge in [0.05, 0.1) is 10.6 Å². The lowest BCUT2D eigenvalue weighted by atomic mass is 10.1. The third-order valence-corrected chi connectivity index (χ3v) is 4.27. The van der Waals surface area contributed by atoms with Crippen LogP contribution in [0.25, 0.3) is 0 Å². The molecule has 5 heteroatoms. The van der Waals surface area contributed by atoms with E-state index in [1.165, 1.54) is 12.1 Å². The molecule has 2 aromatic rings. The molecule has 0 unspecified atom stereocenters. The third kappa shape index (κ3) is 3.06. The molecule has 100 valence electrons. The van der Waals surface area contributed by atoms with E-state index < -0.39 is 10.0 Å². The number of nitrogens with one attached hydrogen (secondary N) is 1. The van der Waals surface area contributed by atoms with Gasteiger partial charge in [-0.1, -0.05) is 12.1 Å². The predicted molar refractivity (Wildman–Crippen MR) is 74.8 cm³/mol. The summed E-state index contributed by atoms with van der Waals surface area (Å²) >= 11 is 0. The summed E-state index contributed by atoms with van der Waals surface area (Å²) < 4.78 is 26.8. The maximum Gasteiger partial charge on any atom is 0.261 e. The quantitative estimate of drug-likeness (QED) is 0.906. The molecule has 0 atom stereocenters. The average molecular weight is 277 g/mol. The second kappa shape index (κ2) is 4.93. The summed E-state index contributed by atoms with van der Waals surface area (Å²) in [7, 11) is -3.63. The Bertz CT molecular complexity index is 708. The van der Waals surface area contributed by atoms with Crippen LogP contribution in [0.5, 0.6) is 5.75 Å². The van der Waals surface area contributed by atoms with Crippen LogP contribution in [-0.2, 0) is 10.0 Å². The Morgan fingerprint density at radius 1 is 1.00 bits per heavy atom. The van der Waals surface area contributed by atoms with Gasteiger partial charge in [-0.2, -0.15) is 0 Å². The van der Waals surface area contributed by atoms with Crippen molar-refractivity contribution in [2.45, 2.75) is 18.7 Å². The highest BCUT2D eigenvalue weighted by Crippen LogP contribution is 2.21. The molecule has 0 aromatic heterocycles. The molecule has 0 aliphatic heterocycles. The number of phenols is 1. The highest BCUT2D eigenvalue weighted by Gasteiger charge is 2.14. The van der Waals surface area contributed by atoms with E-state index in [-0.39, 0.29) is 10.6 Å². The van der Waals surface area contributed by atoms with Gasteiger partial charge in [0, 0.05) is 6.07 Å². The topological polar surface area (TPSA) is 66.4 Å². The minimum atomic E-state index is -3.63. The first-order valence-electron chi connectivity index (χ1n) is 5.77. The van der Waals surface area contributed by atoms with E-state index >= 15 is 0 Å². The van der Waals surface area contributed by atoms with Crippen molar-refractivity contribution in [2.75, 3.05) is 4.72 Å². The molecule has 0 saturated heterocycles. The Morgan fingerprint density at radius 2 is 1.74 bits per heavy atom. The van der Waals surface area contributed by atoms with E-state index in [1.54, 1.807) is 30.3 Å². The first-order valence-corrected chi connectivity index (χ1v) is 7.26. The lowest BCUT2D eigenvalue weighted by molar-refractivity contribution is 0.475. The van der Waals surface area contributed by atoms with Gasteiger partial charge in [0.15, 0.2) is 0 Å². The van der Waals surface area contributed by atoms with Crippen LogP contribution in [-0.4, -0.2) is 13.5 Å². The number of hydrogen-bond donors (Lipinski definition) is 2. The molecule has 0 fully saturated rings. The van der Waals surface area contributed by atoms with E-state index in [4.69, 9.17) is 0 Å². The third-order valence-electron chi connectivity index (χ3n) is 2.89. The summed E-state index contributed by atoms with van der Waals surface area (Å²) in [6.45, 7) is 3.79. The van der Waals surface area contributed by atoms with Crippen molar-refractivity contribution in [2.24, 2.45) is 0 Å². The zero-order valence-electron chi connectivity index (χ0n) is 10.7. The van der Waals surface area contributed by atoms with Gasteiger partial charge in [0.1, 0.15) is 5.75 Å². The van der Waals surface area contributed by atoms with Gasteiger partial charge in [-0.25, -0.2) is 8.42 Å². The van der Waals surface area contributed by atoms with Crippen molar-refractivity contribution in [1.29, 1.82) is 0 Å². The molecule has 4 nitrogen and oxygen atoms in total. The van der Waals surface area contributed by atoms with Crippen molar-refractivity contribution in [3.63, 3.8) is 0 Å². The molecule has 0 saturated carbocycles. The Hall–Kier alpha value is -2.01. The Labute approximate surface area is 112 Å². The van der Waals surface area contributed by atoms with Gasteiger partial charge in [-0.3, -0.25) is 4.72 Å². The maximum atomic E-state index is 12.2. The molecular weight excluding hydrogens is 262 g/mol. The number of sulfonamides is 1. The normalized spacial score (nSPS) is 11.3. The number of benzene rings is 2. The first kappa shape index (κ1) is 13.4. The molecular formula is C14H15NO3S.